The van der Waals surface area contributed by atoms with E-state index >= 15 is 0 Å². The van der Waals surface area contributed by atoms with Gasteiger partial charge >= 0.3 is 50.5 Å². The van der Waals surface area contributed by atoms with Gasteiger partial charge in [0.1, 0.15) is 0 Å². The van der Waals surface area contributed by atoms with Gasteiger partial charge in [0.2, 0.25) is 0 Å². The Hall–Kier alpha value is 1.50. The molecule has 0 radical (unpaired) electrons. The van der Waals surface area contributed by atoms with Gasteiger partial charge in [-0.05, 0) is 0 Å². The number of rotatable bonds is 0. The second kappa shape index (κ2) is 8.82. The molecular formula is C2H3ClRa. The van der Waals surface area contributed by atoms with Crippen LogP contribution in [0.4, 0.5) is 0 Å². The van der Waals surface area contributed by atoms with E-state index in [1.165, 1.54) is 0 Å². The standard InChI is InChI=1S/C2H3.ClH.Ra/c1-2;;/h1H,2H2;1H;/q;;+1/p-1. The molecule has 0 fully saturated rings. The largest absolute Gasteiger partial charge is 1.00 e. The van der Waals surface area contributed by atoms with E-state index in [-0.39, 0.29) is 12.4 Å². The molecule has 0 amide bonds. The van der Waals surface area contributed by atoms with E-state index in [0.717, 1.165) is 42.8 Å². The van der Waals surface area contributed by atoms with Crippen molar-refractivity contribution < 1.29 is 55.2 Å². The second-order valence-corrected chi connectivity index (χ2v) is 2.66. The van der Waals surface area contributed by atoms with Gasteiger partial charge in [0.05, 0.1) is 0 Å². The van der Waals surface area contributed by atoms with E-state index in [0.29, 0.717) is 0 Å². The fraction of sp³-hybridized carbons (Fsp3) is 0. The first-order valence-corrected chi connectivity index (χ1v) is 4.17. The van der Waals surface area contributed by atoms with Crippen molar-refractivity contribution in [2.75, 3.05) is 0 Å². The summed E-state index contributed by atoms with van der Waals surface area (Å²) in [7, 11) is 0. The van der Waals surface area contributed by atoms with Crippen LogP contribution < -0.4 is 12.4 Å². The van der Waals surface area contributed by atoms with Crippen LogP contribution in [-0.2, 0) is 0 Å². The zero-order valence-electron chi connectivity index (χ0n) is 2.37. The Bertz CT molecular complexity index is 13.5. The molecule has 0 aromatic carbocycles. The molecule has 0 rings (SSSR count). The molecule has 0 aromatic rings. The predicted molar refractivity (Wildman–Crippen MR) is 10.2 cm³/mol. The van der Waals surface area contributed by atoms with Crippen LogP contribution in [0.1, 0.15) is 0 Å². The Morgan fingerprint density at radius 3 is 1.75 bits per heavy atom. The SMILES string of the molecule is C=[CH][Ra+].[Cl-]. The van der Waals surface area contributed by atoms with E-state index in [4.69, 9.17) is 0 Å². The molecular weight excluding hydrogens is 285 g/mol. The summed E-state index contributed by atoms with van der Waals surface area (Å²) < 4.78 is 1.96. The number of halogens is 1. The maximum absolute atomic E-state index is 3.45. The van der Waals surface area contributed by atoms with Crippen LogP contribution >= 0.6 is 0 Å². The quantitative estimate of drug-likeness (QED) is 0.470. The van der Waals surface area contributed by atoms with Crippen molar-refractivity contribution in [3.63, 3.8) is 0 Å². The van der Waals surface area contributed by atoms with Crippen LogP contribution in [0.25, 0.3) is 0 Å². The van der Waals surface area contributed by atoms with Crippen molar-refractivity contribution in [2.24, 2.45) is 0 Å². The normalized spacial score (nSPS) is 3.50. The summed E-state index contributed by atoms with van der Waals surface area (Å²) >= 11 is 0.750. The summed E-state index contributed by atoms with van der Waals surface area (Å²) in [5, 5.41) is 0. The van der Waals surface area contributed by atoms with Gasteiger partial charge in [0.15, 0.2) is 0 Å². The Morgan fingerprint density at radius 1 is 1.75 bits per heavy atom. The smallest absolute Gasteiger partial charge is 1.00 e. The average molecular weight is 288 g/mol. The molecule has 0 nitrogen and oxygen atoms in total. The van der Waals surface area contributed by atoms with Gasteiger partial charge in [-0.25, -0.2) is 0 Å². The minimum atomic E-state index is 0. The van der Waals surface area contributed by atoms with Crippen molar-refractivity contribution in [1.82, 2.24) is 0 Å². The van der Waals surface area contributed by atoms with Crippen molar-refractivity contribution >= 4 is 0 Å². The fourth-order valence-corrected chi connectivity index (χ4v) is 0. The average Bonchev–Trinajstić information content (AvgIpc) is 0.918. The summed E-state index contributed by atoms with van der Waals surface area (Å²) in [5.74, 6) is 0. The molecule has 4 heavy (non-hydrogen) atoms. The molecule has 0 saturated heterocycles. The van der Waals surface area contributed by atoms with E-state index in [2.05, 4.69) is 6.58 Å². The van der Waals surface area contributed by atoms with Crippen LogP contribution in [0, 0.1) is 42.8 Å². The predicted octanol–water partition coefficient (Wildman–Crippen LogP) is -2.32. The van der Waals surface area contributed by atoms with E-state index in [1.54, 1.807) is 0 Å². The van der Waals surface area contributed by atoms with Crippen LogP contribution in [0.2, 0.25) is 0 Å². The molecule has 0 aliphatic carbocycles. The van der Waals surface area contributed by atoms with Gasteiger partial charge in [0, 0.05) is 0 Å². The van der Waals surface area contributed by atoms with E-state index in [1.807, 2.05) is 1.12 Å². The first kappa shape index (κ1) is 9.09. The zero-order chi connectivity index (χ0) is 2.71. The van der Waals surface area contributed by atoms with Crippen LogP contribution in [0.3, 0.4) is 0 Å². The third-order valence-corrected chi connectivity index (χ3v) is 0. The Labute approximate surface area is 61.8 Å². The van der Waals surface area contributed by atoms with Gasteiger partial charge in [-0.15, -0.1) is 0 Å². The fourth-order valence-electron chi connectivity index (χ4n) is 0. The van der Waals surface area contributed by atoms with Crippen molar-refractivity contribution in [3.8, 4) is 0 Å². The second-order valence-electron chi connectivity index (χ2n) is 0.289. The molecule has 0 aliphatic heterocycles. The molecule has 0 saturated carbocycles. The van der Waals surface area contributed by atoms with Gasteiger partial charge in [-0.1, -0.05) is 0 Å². The third-order valence-electron chi connectivity index (χ3n) is 0. The van der Waals surface area contributed by atoms with Crippen molar-refractivity contribution in [2.45, 2.75) is 0 Å². The summed E-state index contributed by atoms with van der Waals surface area (Å²) in [6.45, 7) is 3.45. The Kier molecular flexibility index (Phi) is 20.0. The molecule has 0 heterocycles. The van der Waals surface area contributed by atoms with Gasteiger partial charge in [0.25, 0.3) is 0 Å². The molecule has 0 spiro atoms. The topological polar surface area (TPSA) is 0 Å². The molecule has 2 heteroatoms. The first-order chi connectivity index (χ1) is 1.41. The maximum Gasteiger partial charge on any atom is -1.00 e. The summed E-state index contributed by atoms with van der Waals surface area (Å²) in [6.07, 6.45) is 0. The van der Waals surface area contributed by atoms with Crippen LogP contribution in [0.5, 0.6) is 0 Å². The van der Waals surface area contributed by atoms with Gasteiger partial charge < -0.3 is 12.4 Å². The zero-order valence-corrected chi connectivity index (χ0v) is 8.94. The summed E-state index contributed by atoms with van der Waals surface area (Å²) in [5.41, 5.74) is 0. The molecule has 0 N–H and O–H groups in total. The summed E-state index contributed by atoms with van der Waals surface area (Å²) in [6, 6.07) is 0. The molecule has 20 valence electrons. The maximum atomic E-state index is 3.45. The van der Waals surface area contributed by atoms with Crippen molar-refractivity contribution in [1.29, 1.82) is 0 Å². The number of hydrogen-bond donors (Lipinski definition) is 0. The van der Waals surface area contributed by atoms with E-state index in [9.17, 15) is 0 Å². The summed E-state index contributed by atoms with van der Waals surface area (Å²) in [4.78, 5) is 0. The number of hydrogen-bond acceptors (Lipinski definition) is 0. The van der Waals surface area contributed by atoms with Crippen molar-refractivity contribution in [3.05, 3.63) is 7.70 Å². The minimum absolute atomic E-state index is 0. The van der Waals surface area contributed by atoms with Crippen LogP contribution in [0.15, 0.2) is 7.70 Å². The molecule has 0 unspecified atom stereocenters. The van der Waals surface area contributed by atoms with Gasteiger partial charge in [-0.2, -0.15) is 0 Å². The van der Waals surface area contributed by atoms with Crippen LogP contribution in [-0.4, -0.2) is 0 Å². The Balaban J connectivity index is 0. The molecule has 0 bridgehead atoms. The Morgan fingerprint density at radius 2 is 1.75 bits per heavy atom. The van der Waals surface area contributed by atoms with E-state index < -0.39 is 0 Å². The third kappa shape index (κ3) is 9.73. The molecule has 0 atom stereocenters. The minimum Gasteiger partial charge on any atom is -1.00 e. The monoisotopic (exact) mass is 288 g/mol. The molecule has 0 aromatic heterocycles. The first-order valence-electron chi connectivity index (χ1n) is 0.816. The van der Waals surface area contributed by atoms with Gasteiger partial charge in [-0.3, -0.25) is 0 Å². The molecule has 0 aliphatic rings.